The number of hydrogen-bond acceptors (Lipinski definition) is 3. The Morgan fingerprint density at radius 1 is 1.31 bits per heavy atom. The molecule has 1 atom stereocenters. The third-order valence-electron chi connectivity index (χ3n) is 1.92. The molecule has 3 N–H and O–H groups in total. The maximum atomic E-state index is 11.5. The van der Waals surface area contributed by atoms with E-state index in [0.717, 1.165) is 0 Å². The quantitative estimate of drug-likeness (QED) is 0.815. The van der Waals surface area contributed by atoms with Crippen LogP contribution in [0.25, 0.3) is 0 Å². The van der Waals surface area contributed by atoms with Gasteiger partial charge in [-0.2, -0.15) is 0 Å². The maximum absolute atomic E-state index is 11.5. The Bertz CT molecular complexity index is 362. The Hall–Kier alpha value is -1.55. The van der Waals surface area contributed by atoms with Gasteiger partial charge in [0.2, 0.25) is 5.91 Å². The third-order valence-corrected chi connectivity index (χ3v) is 1.92. The smallest absolute Gasteiger partial charge is 0.241 e. The fourth-order valence-electron chi connectivity index (χ4n) is 1.17. The molecule has 1 aromatic carbocycles. The SMILES string of the molecule is CC(C)Oc1ccccc1NC(=O)C(C)N. The van der Waals surface area contributed by atoms with Crippen molar-refractivity contribution in [2.45, 2.75) is 32.9 Å². The Balaban J connectivity index is 2.82. The van der Waals surface area contributed by atoms with Gasteiger partial charge in [-0.1, -0.05) is 12.1 Å². The van der Waals surface area contributed by atoms with Gasteiger partial charge in [-0.05, 0) is 32.9 Å². The molecule has 1 aromatic rings. The molecule has 0 aliphatic carbocycles. The molecule has 16 heavy (non-hydrogen) atoms. The molecule has 0 fully saturated rings. The van der Waals surface area contributed by atoms with E-state index < -0.39 is 6.04 Å². The fraction of sp³-hybridized carbons (Fsp3) is 0.417. The van der Waals surface area contributed by atoms with Crippen LogP contribution in [0.4, 0.5) is 5.69 Å². The second kappa shape index (κ2) is 5.51. The molecule has 0 heterocycles. The summed E-state index contributed by atoms with van der Waals surface area (Å²) in [5.41, 5.74) is 6.13. The van der Waals surface area contributed by atoms with E-state index in [1.54, 1.807) is 13.0 Å². The Labute approximate surface area is 95.8 Å². The molecule has 1 amide bonds. The highest BCUT2D eigenvalue weighted by Gasteiger charge is 2.11. The highest BCUT2D eigenvalue weighted by Crippen LogP contribution is 2.24. The third kappa shape index (κ3) is 3.55. The van der Waals surface area contributed by atoms with Crippen molar-refractivity contribution in [2.75, 3.05) is 5.32 Å². The normalized spacial score (nSPS) is 12.3. The number of para-hydroxylation sites is 2. The van der Waals surface area contributed by atoms with E-state index in [0.29, 0.717) is 11.4 Å². The van der Waals surface area contributed by atoms with Crippen molar-refractivity contribution in [1.82, 2.24) is 0 Å². The van der Waals surface area contributed by atoms with Gasteiger partial charge in [0.15, 0.2) is 0 Å². The zero-order chi connectivity index (χ0) is 12.1. The van der Waals surface area contributed by atoms with Crippen LogP contribution in [0.15, 0.2) is 24.3 Å². The lowest BCUT2D eigenvalue weighted by molar-refractivity contribution is -0.117. The van der Waals surface area contributed by atoms with E-state index in [1.165, 1.54) is 0 Å². The van der Waals surface area contributed by atoms with Gasteiger partial charge in [0.05, 0.1) is 17.8 Å². The van der Waals surface area contributed by atoms with Crippen LogP contribution in [-0.4, -0.2) is 18.1 Å². The molecule has 0 bridgehead atoms. The molecule has 0 saturated carbocycles. The van der Waals surface area contributed by atoms with Crippen LogP contribution in [0.1, 0.15) is 20.8 Å². The van der Waals surface area contributed by atoms with Gasteiger partial charge in [-0.3, -0.25) is 4.79 Å². The molecule has 0 spiro atoms. The summed E-state index contributed by atoms with van der Waals surface area (Å²) in [4.78, 5) is 11.5. The van der Waals surface area contributed by atoms with Gasteiger partial charge in [0, 0.05) is 0 Å². The Morgan fingerprint density at radius 3 is 2.50 bits per heavy atom. The van der Waals surface area contributed by atoms with Crippen molar-refractivity contribution in [3.63, 3.8) is 0 Å². The average Bonchev–Trinajstić information content (AvgIpc) is 2.20. The zero-order valence-electron chi connectivity index (χ0n) is 9.86. The van der Waals surface area contributed by atoms with Crippen LogP contribution >= 0.6 is 0 Å². The number of hydrogen-bond donors (Lipinski definition) is 2. The van der Waals surface area contributed by atoms with E-state index >= 15 is 0 Å². The molecule has 4 heteroatoms. The average molecular weight is 222 g/mol. The molecule has 0 saturated heterocycles. The van der Waals surface area contributed by atoms with Crippen molar-refractivity contribution >= 4 is 11.6 Å². The van der Waals surface area contributed by atoms with E-state index in [9.17, 15) is 4.79 Å². The molecule has 0 aromatic heterocycles. The van der Waals surface area contributed by atoms with E-state index in [4.69, 9.17) is 10.5 Å². The lowest BCUT2D eigenvalue weighted by Gasteiger charge is -2.15. The molecular formula is C12H18N2O2. The molecule has 1 unspecified atom stereocenters. The van der Waals surface area contributed by atoms with Crippen molar-refractivity contribution in [3.8, 4) is 5.75 Å². The highest BCUT2D eigenvalue weighted by molar-refractivity contribution is 5.95. The predicted molar refractivity (Wildman–Crippen MR) is 64.5 cm³/mol. The van der Waals surface area contributed by atoms with Crippen LogP contribution in [-0.2, 0) is 4.79 Å². The number of carbonyl (C=O) groups excluding carboxylic acids is 1. The van der Waals surface area contributed by atoms with Gasteiger partial charge >= 0.3 is 0 Å². The summed E-state index contributed by atoms with van der Waals surface area (Å²) >= 11 is 0. The number of anilines is 1. The van der Waals surface area contributed by atoms with Gasteiger partial charge < -0.3 is 15.8 Å². The van der Waals surface area contributed by atoms with Gasteiger partial charge in [0.1, 0.15) is 5.75 Å². The molecule has 0 aliphatic heterocycles. The van der Waals surface area contributed by atoms with Crippen molar-refractivity contribution in [3.05, 3.63) is 24.3 Å². The summed E-state index contributed by atoms with van der Waals surface area (Å²) in [5.74, 6) is 0.436. The molecule has 88 valence electrons. The highest BCUT2D eigenvalue weighted by atomic mass is 16.5. The first-order chi connectivity index (χ1) is 7.50. The number of nitrogens with one attached hydrogen (secondary N) is 1. The lowest BCUT2D eigenvalue weighted by Crippen LogP contribution is -2.32. The monoisotopic (exact) mass is 222 g/mol. The minimum atomic E-state index is -0.535. The molecule has 0 aliphatic rings. The van der Waals surface area contributed by atoms with E-state index in [2.05, 4.69) is 5.32 Å². The van der Waals surface area contributed by atoms with Crippen molar-refractivity contribution in [2.24, 2.45) is 5.73 Å². The number of benzene rings is 1. The number of amides is 1. The summed E-state index contributed by atoms with van der Waals surface area (Å²) < 4.78 is 5.57. The van der Waals surface area contributed by atoms with E-state index in [-0.39, 0.29) is 12.0 Å². The lowest BCUT2D eigenvalue weighted by atomic mass is 10.2. The molecule has 1 rings (SSSR count). The number of rotatable bonds is 4. The van der Waals surface area contributed by atoms with Crippen molar-refractivity contribution < 1.29 is 9.53 Å². The summed E-state index contributed by atoms with van der Waals surface area (Å²) in [6.45, 7) is 5.51. The first kappa shape index (κ1) is 12.5. The van der Waals surface area contributed by atoms with Crippen LogP contribution in [0, 0.1) is 0 Å². The number of carbonyl (C=O) groups is 1. The summed E-state index contributed by atoms with van der Waals surface area (Å²) in [5, 5.41) is 2.73. The number of nitrogens with two attached hydrogens (primary N) is 1. The maximum Gasteiger partial charge on any atom is 0.241 e. The van der Waals surface area contributed by atoms with Gasteiger partial charge in [-0.25, -0.2) is 0 Å². The summed E-state index contributed by atoms with van der Waals surface area (Å²) in [6.07, 6.45) is 0.0633. The minimum Gasteiger partial charge on any atom is -0.489 e. The summed E-state index contributed by atoms with van der Waals surface area (Å²) in [6, 6.07) is 6.77. The van der Waals surface area contributed by atoms with Gasteiger partial charge in [0.25, 0.3) is 0 Å². The van der Waals surface area contributed by atoms with Crippen LogP contribution in [0.5, 0.6) is 5.75 Å². The summed E-state index contributed by atoms with van der Waals surface area (Å²) in [7, 11) is 0. The first-order valence-electron chi connectivity index (χ1n) is 5.33. The topological polar surface area (TPSA) is 64.3 Å². The molecule has 0 radical (unpaired) electrons. The Morgan fingerprint density at radius 2 is 1.94 bits per heavy atom. The number of ether oxygens (including phenoxy) is 1. The second-order valence-corrected chi connectivity index (χ2v) is 3.94. The molecule has 4 nitrogen and oxygen atoms in total. The van der Waals surface area contributed by atoms with Crippen LogP contribution in [0.2, 0.25) is 0 Å². The predicted octanol–water partition coefficient (Wildman–Crippen LogP) is 1.76. The van der Waals surface area contributed by atoms with Crippen LogP contribution in [0.3, 0.4) is 0 Å². The second-order valence-electron chi connectivity index (χ2n) is 3.94. The standard InChI is InChI=1S/C12H18N2O2/c1-8(2)16-11-7-5-4-6-10(11)14-12(15)9(3)13/h4-9H,13H2,1-3H3,(H,14,15). The fourth-order valence-corrected chi connectivity index (χ4v) is 1.17. The van der Waals surface area contributed by atoms with E-state index in [1.807, 2.05) is 32.0 Å². The van der Waals surface area contributed by atoms with Crippen molar-refractivity contribution in [1.29, 1.82) is 0 Å². The Kier molecular flexibility index (Phi) is 4.31. The first-order valence-corrected chi connectivity index (χ1v) is 5.33. The minimum absolute atomic E-state index is 0.0633. The zero-order valence-corrected chi connectivity index (χ0v) is 9.86. The van der Waals surface area contributed by atoms with Crippen LogP contribution < -0.4 is 15.8 Å². The largest absolute Gasteiger partial charge is 0.489 e. The molecular weight excluding hydrogens is 204 g/mol. The van der Waals surface area contributed by atoms with Gasteiger partial charge in [-0.15, -0.1) is 0 Å².